The third-order valence-corrected chi connectivity index (χ3v) is 2.90. The van der Waals surface area contributed by atoms with Crippen LogP contribution in [0.3, 0.4) is 0 Å². The van der Waals surface area contributed by atoms with Crippen molar-refractivity contribution in [3.63, 3.8) is 0 Å². The van der Waals surface area contributed by atoms with Gasteiger partial charge < -0.3 is 9.88 Å². The van der Waals surface area contributed by atoms with Crippen LogP contribution in [0.4, 0.5) is 5.95 Å². The number of fused-ring (bicyclic) bond motifs is 1. The lowest BCUT2D eigenvalue weighted by molar-refractivity contribution is -0.117. The summed E-state index contributed by atoms with van der Waals surface area (Å²) in [5.74, 6) is 0.560. The van der Waals surface area contributed by atoms with E-state index in [1.54, 1.807) is 19.4 Å². The summed E-state index contributed by atoms with van der Waals surface area (Å²) in [5.41, 5.74) is 1.55. The molecule has 0 unspecified atom stereocenters. The third-order valence-electron chi connectivity index (χ3n) is 2.90. The summed E-state index contributed by atoms with van der Waals surface area (Å²) in [6.45, 7) is 6.35. The molecule has 0 saturated carbocycles. The summed E-state index contributed by atoms with van der Waals surface area (Å²) >= 11 is 0. The first-order valence-corrected chi connectivity index (χ1v) is 6.10. The normalized spacial score (nSPS) is 12.6. The lowest BCUT2D eigenvalue weighted by Gasteiger charge is -2.13. The molecule has 2 rings (SSSR count). The van der Waals surface area contributed by atoms with Gasteiger partial charge in [0.15, 0.2) is 11.4 Å². The van der Waals surface area contributed by atoms with Crippen molar-refractivity contribution in [1.82, 2.24) is 19.5 Å². The summed E-state index contributed by atoms with van der Waals surface area (Å²) in [6.07, 6.45) is 4.12. The predicted molar refractivity (Wildman–Crippen MR) is 69.4 cm³/mol. The quantitative estimate of drug-likeness (QED) is 0.869. The third kappa shape index (κ3) is 2.32. The topological polar surface area (TPSA) is 72.7 Å². The molecule has 2 aromatic heterocycles. The van der Waals surface area contributed by atoms with Gasteiger partial charge in [-0.15, -0.1) is 0 Å². The van der Waals surface area contributed by atoms with E-state index < -0.39 is 0 Å². The number of Topliss-reactive ketones (excluding diaryl/α,β-unsaturated/α-hetero) is 1. The minimum Gasteiger partial charge on any atom is -0.344 e. The number of anilines is 1. The van der Waals surface area contributed by atoms with Gasteiger partial charge in [0, 0.05) is 6.54 Å². The second-order valence-electron chi connectivity index (χ2n) is 4.15. The van der Waals surface area contributed by atoms with Crippen LogP contribution >= 0.6 is 0 Å². The molecular weight excluding hydrogens is 230 g/mol. The number of aryl methyl sites for hydroxylation is 1. The molecule has 2 aromatic rings. The van der Waals surface area contributed by atoms with Gasteiger partial charge in [0.2, 0.25) is 5.95 Å². The fourth-order valence-corrected chi connectivity index (χ4v) is 1.80. The van der Waals surface area contributed by atoms with Gasteiger partial charge in [0.05, 0.1) is 18.6 Å². The van der Waals surface area contributed by atoms with Crippen molar-refractivity contribution in [2.45, 2.75) is 39.8 Å². The zero-order valence-electron chi connectivity index (χ0n) is 10.8. The van der Waals surface area contributed by atoms with Crippen LogP contribution in [0.5, 0.6) is 0 Å². The van der Waals surface area contributed by atoms with Crippen molar-refractivity contribution in [3.8, 4) is 0 Å². The molecule has 0 aliphatic carbocycles. The predicted octanol–water partition coefficient (Wildman–Crippen LogP) is 1.63. The number of aromatic nitrogens is 4. The Morgan fingerprint density at radius 3 is 2.83 bits per heavy atom. The highest BCUT2D eigenvalue weighted by atomic mass is 16.1. The van der Waals surface area contributed by atoms with Gasteiger partial charge in [-0.2, -0.15) is 4.98 Å². The van der Waals surface area contributed by atoms with Gasteiger partial charge in [0.1, 0.15) is 5.52 Å². The van der Waals surface area contributed by atoms with E-state index in [1.165, 1.54) is 0 Å². The molecule has 6 nitrogen and oxygen atoms in total. The monoisotopic (exact) mass is 247 g/mol. The number of carbonyl (C=O) groups excluding carboxylic acids is 1. The molecule has 1 atom stereocenters. The molecular formula is C12H17N5O. The van der Waals surface area contributed by atoms with E-state index in [4.69, 9.17) is 0 Å². The summed E-state index contributed by atoms with van der Waals surface area (Å²) < 4.78 is 1.94. The Morgan fingerprint density at radius 2 is 2.22 bits per heavy atom. The first-order valence-electron chi connectivity index (χ1n) is 6.10. The largest absolute Gasteiger partial charge is 0.344 e. The SMILES string of the molecule is CC[C@H](Nc1ncc2ncn(CC)c2n1)C(C)=O. The molecule has 1 N–H and O–H groups in total. The molecule has 18 heavy (non-hydrogen) atoms. The average molecular weight is 247 g/mol. The number of hydrogen-bond donors (Lipinski definition) is 1. The number of nitrogens with one attached hydrogen (secondary N) is 1. The highest BCUT2D eigenvalue weighted by Gasteiger charge is 2.13. The summed E-state index contributed by atoms with van der Waals surface area (Å²) in [5, 5.41) is 3.05. The van der Waals surface area contributed by atoms with Crippen molar-refractivity contribution in [3.05, 3.63) is 12.5 Å². The molecule has 0 bridgehead atoms. The number of imidazole rings is 1. The van der Waals surface area contributed by atoms with Crippen LogP contribution in [0.1, 0.15) is 27.2 Å². The zero-order chi connectivity index (χ0) is 13.1. The highest BCUT2D eigenvalue weighted by Crippen LogP contribution is 2.12. The average Bonchev–Trinajstić information content (AvgIpc) is 2.77. The van der Waals surface area contributed by atoms with Crippen molar-refractivity contribution < 1.29 is 4.79 Å². The maximum Gasteiger partial charge on any atom is 0.225 e. The van der Waals surface area contributed by atoms with Gasteiger partial charge in [-0.25, -0.2) is 9.97 Å². The fraction of sp³-hybridized carbons (Fsp3) is 0.500. The minimum absolute atomic E-state index is 0.0881. The Labute approximate surface area is 105 Å². The number of carbonyl (C=O) groups is 1. The second-order valence-corrected chi connectivity index (χ2v) is 4.15. The molecule has 0 fully saturated rings. The van der Waals surface area contributed by atoms with Crippen molar-refractivity contribution in [2.24, 2.45) is 0 Å². The van der Waals surface area contributed by atoms with Gasteiger partial charge in [-0.1, -0.05) is 6.92 Å². The van der Waals surface area contributed by atoms with Crippen LogP contribution in [-0.4, -0.2) is 31.3 Å². The van der Waals surface area contributed by atoms with Gasteiger partial charge in [-0.3, -0.25) is 4.79 Å². The van der Waals surface area contributed by atoms with Crippen LogP contribution < -0.4 is 5.32 Å². The van der Waals surface area contributed by atoms with Crippen LogP contribution in [0.2, 0.25) is 0 Å². The van der Waals surface area contributed by atoms with E-state index in [2.05, 4.69) is 20.3 Å². The number of ketones is 1. The molecule has 0 radical (unpaired) electrons. The lowest BCUT2D eigenvalue weighted by Crippen LogP contribution is -2.27. The lowest BCUT2D eigenvalue weighted by atomic mass is 10.1. The van der Waals surface area contributed by atoms with Crippen molar-refractivity contribution in [1.29, 1.82) is 0 Å². The second kappa shape index (κ2) is 5.12. The molecule has 0 aliphatic heterocycles. The highest BCUT2D eigenvalue weighted by molar-refractivity contribution is 5.84. The summed E-state index contributed by atoms with van der Waals surface area (Å²) in [4.78, 5) is 24.2. The van der Waals surface area contributed by atoms with Crippen molar-refractivity contribution >= 4 is 22.9 Å². The van der Waals surface area contributed by atoms with Crippen LogP contribution in [0.15, 0.2) is 12.5 Å². The molecule has 0 spiro atoms. The van der Waals surface area contributed by atoms with Gasteiger partial charge >= 0.3 is 0 Å². The van der Waals surface area contributed by atoms with E-state index in [0.717, 1.165) is 17.7 Å². The van der Waals surface area contributed by atoms with Crippen LogP contribution in [-0.2, 0) is 11.3 Å². The maximum absolute atomic E-state index is 11.4. The molecule has 0 aliphatic rings. The summed E-state index contributed by atoms with van der Waals surface area (Å²) in [6, 6.07) is -0.236. The Morgan fingerprint density at radius 1 is 1.44 bits per heavy atom. The molecule has 96 valence electrons. The number of hydrogen-bond acceptors (Lipinski definition) is 5. The van der Waals surface area contributed by atoms with Crippen molar-refractivity contribution in [2.75, 3.05) is 5.32 Å². The first kappa shape index (κ1) is 12.5. The van der Waals surface area contributed by atoms with E-state index >= 15 is 0 Å². The Kier molecular flexibility index (Phi) is 3.55. The van der Waals surface area contributed by atoms with E-state index in [1.807, 2.05) is 18.4 Å². The van der Waals surface area contributed by atoms with Gasteiger partial charge in [0.25, 0.3) is 0 Å². The molecule has 0 saturated heterocycles. The minimum atomic E-state index is -0.236. The summed E-state index contributed by atoms with van der Waals surface area (Å²) in [7, 11) is 0. The van der Waals surface area contributed by atoms with E-state index in [9.17, 15) is 4.79 Å². The standard InChI is InChI=1S/C12H17N5O/c1-4-9(8(3)18)15-12-13-6-10-11(16-12)17(5-2)7-14-10/h6-7,9H,4-5H2,1-3H3,(H,13,15,16)/t9-/m0/s1. The Balaban J connectivity index is 2.31. The molecule has 0 amide bonds. The molecule has 2 heterocycles. The van der Waals surface area contributed by atoms with Crippen LogP contribution in [0.25, 0.3) is 11.2 Å². The zero-order valence-corrected chi connectivity index (χ0v) is 10.8. The van der Waals surface area contributed by atoms with Gasteiger partial charge in [-0.05, 0) is 20.3 Å². The Hall–Kier alpha value is -1.98. The first-order chi connectivity index (χ1) is 8.65. The smallest absolute Gasteiger partial charge is 0.225 e. The van der Waals surface area contributed by atoms with E-state index in [-0.39, 0.29) is 11.8 Å². The Bertz CT molecular complexity index is 563. The fourth-order valence-electron chi connectivity index (χ4n) is 1.80. The number of rotatable bonds is 5. The maximum atomic E-state index is 11.4. The van der Waals surface area contributed by atoms with Crippen LogP contribution in [0, 0.1) is 0 Å². The van der Waals surface area contributed by atoms with E-state index in [0.29, 0.717) is 12.4 Å². The number of nitrogens with zero attached hydrogens (tertiary/aromatic N) is 4. The molecule has 6 heteroatoms. The molecule has 0 aromatic carbocycles.